The fourth-order valence-corrected chi connectivity index (χ4v) is 3.29. The van der Waals surface area contributed by atoms with Gasteiger partial charge in [-0.15, -0.1) is 0 Å². The van der Waals surface area contributed by atoms with Crippen molar-refractivity contribution in [1.82, 2.24) is 14.8 Å². The summed E-state index contributed by atoms with van der Waals surface area (Å²) in [5, 5.41) is 3.90. The Hall–Kier alpha value is -2.09. The Bertz CT molecular complexity index is 708. The predicted octanol–water partition coefficient (Wildman–Crippen LogP) is 3.14. The molecule has 0 unspecified atom stereocenters. The number of benzene rings is 1. The number of hydrogen-bond donors (Lipinski definition) is 1. The molecule has 2 aromatic rings. The highest BCUT2D eigenvalue weighted by molar-refractivity contribution is 7.80. The first kappa shape index (κ1) is 19.7. The Labute approximate surface area is 165 Å². The molecule has 1 saturated heterocycles. The average Bonchev–Trinajstić information content (AvgIpc) is 2.70. The Morgan fingerprint density at radius 2 is 2.00 bits per heavy atom. The van der Waals surface area contributed by atoms with Crippen molar-refractivity contribution in [2.24, 2.45) is 0 Å². The zero-order valence-electron chi connectivity index (χ0n) is 15.3. The van der Waals surface area contributed by atoms with Crippen molar-refractivity contribution in [2.75, 3.05) is 44.7 Å². The van der Waals surface area contributed by atoms with Crippen LogP contribution in [0.3, 0.4) is 0 Å². The standard InChI is InChI=1S/C20H25FN4OS/c21-18-6-4-17(5-7-18)16-25(10-2-9-24-11-13-26-14-12-24)20(27)23-19-3-1-8-22-15-19/h1,3-8,15H,2,9-14,16H2,(H,23,27). The number of thiocarbonyl (C=S) groups is 1. The van der Waals surface area contributed by atoms with Gasteiger partial charge in [0.25, 0.3) is 0 Å². The number of hydrogen-bond acceptors (Lipinski definition) is 4. The number of nitrogens with one attached hydrogen (secondary N) is 1. The van der Waals surface area contributed by atoms with Gasteiger partial charge in [-0.2, -0.15) is 0 Å². The van der Waals surface area contributed by atoms with Crippen LogP contribution in [-0.2, 0) is 11.3 Å². The molecule has 2 heterocycles. The van der Waals surface area contributed by atoms with E-state index in [2.05, 4.69) is 20.1 Å². The first-order chi connectivity index (χ1) is 13.2. The van der Waals surface area contributed by atoms with E-state index in [9.17, 15) is 4.39 Å². The molecule has 1 aliphatic heterocycles. The SMILES string of the molecule is Fc1ccc(CN(CCCN2CCOCC2)C(=S)Nc2cccnc2)cc1. The third kappa shape index (κ3) is 6.53. The molecule has 0 bridgehead atoms. The molecular formula is C20H25FN4OS. The van der Waals surface area contributed by atoms with Crippen LogP contribution in [0.15, 0.2) is 48.8 Å². The van der Waals surface area contributed by atoms with Gasteiger partial charge in [-0.1, -0.05) is 12.1 Å². The van der Waals surface area contributed by atoms with Crippen LogP contribution >= 0.6 is 12.2 Å². The van der Waals surface area contributed by atoms with E-state index in [-0.39, 0.29) is 5.82 Å². The first-order valence-electron chi connectivity index (χ1n) is 9.21. The van der Waals surface area contributed by atoms with E-state index in [1.54, 1.807) is 24.5 Å². The Morgan fingerprint density at radius 3 is 2.70 bits per heavy atom. The zero-order valence-corrected chi connectivity index (χ0v) is 16.1. The van der Waals surface area contributed by atoms with E-state index < -0.39 is 0 Å². The number of ether oxygens (including phenoxy) is 1. The van der Waals surface area contributed by atoms with Crippen molar-refractivity contribution in [3.63, 3.8) is 0 Å². The molecule has 7 heteroatoms. The Balaban J connectivity index is 1.59. The van der Waals surface area contributed by atoms with Gasteiger partial charge in [-0.3, -0.25) is 9.88 Å². The highest BCUT2D eigenvalue weighted by Crippen LogP contribution is 2.11. The Kier molecular flexibility index (Phi) is 7.50. The summed E-state index contributed by atoms with van der Waals surface area (Å²) in [6.45, 7) is 6.04. The molecular weight excluding hydrogens is 363 g/mol. The van der Waals surface area contributed by atoms with Crippen molar-refractivity contribution in [2.45, 2.75) is 13.0 Å². The van der Waals surface area contributed by atoms with Crippen LogP contribution in [0, 0.1) is 5.82 Å². The summed E-state index contributed by atoms with van der Waals surface area (Å²) in [6.07, 6.45) is 4.47. The van der Waals surface area contributed by atoms with Gasteiger partial charge in [0.2, 0.25) is 0 Å². The number of nitrogens with zero attached hydrogens (tertiary/aromatic N) is 3. The summed E-state index contributed by atoms with van der Waals surface area (Å²) < 4.78 is 18.6. The largest absolute Gasteiger partial charge is 0.379 e. The second-order valence-electron chi connectivity index (χ2n) is 6.53. The van der Waals surface area contributed by atoms with Crippen LogP contribution in [0.2, 0.25) is 0 Å². The van der Waals surface area contributed by atoms with Gasteiger partial charge in [0.15, 0.2) is 5.11 Å². The van der Waals surface area contributed by atoms with Crippen molar-refractivity contribution in [3.05, 3.63) is 60.2 Å². The second-order valence-corrected chi connectivity index (χ2v) is 6.91. The van der Waals surface area contributed by atoms with Crippen molar-refractivity contribution < 1.29 is 9.13 Å². The second kappa shape index (κ2) is 10.3. The van der Waals surface area contributed by atoms with E-state index in [0.717, 1.165) is 57.1 Å². The molecule has 0 saturated carbocycles. The molecule has 5 nitrogen and oxygen atoms in total. The number of halogens is 1. The number of anilines is 1. The van der Waals surface area contributed by atoms with Crippen LogP contribution in [0.25, 0.3) is 0 Å². The molecule has 1 aliphatic rings. The summed E-state index contributed by atoms with van der Waals surface area (Å²) in [5.74, 6) is -0.228. The first-order valence-corrected chi connectivity index (χ1v) is 9.62. The van der Waals surface area contributed by atoms with Gasteiger partial charge in [0, 0.05) is 38.9 Å². The topological polar surface area (TPSA) is 40.6 Å². The molecule has 3 rings (SSSR count). The van der Waals surface area contributed by atoms with Crippen LogP contribution in [-0.4, -0.2) is 59.3 Å². The Morgan fingerprint density at radius 1 is 1.22 bits per heavy atom. The number of rotatable bonds is 7. The van der Waals surface area contributed by atoms with E-state index in [1.165, 1.54) is 12.1 Å². The lowest BCUT2D eigenvalue weighted by atomic mass is 10.2. The van der Waals surface area contributed by atoms with Crippen molar-refractivity contribution >= 4 is 23.0 Å². The van der Waals surface area contributed by atoms with Crippen LogP contribution < -0.4 is 5.32 Å². The zero-order chi connectivity index (χ0) is 18.9. The van der Waals surface area contributed by atoms with Gasteiger partial charge < -0.3 is 15.0 Å². The summed E-state index contributed by atoms with van der Waals surface area (Å²) in [7, 11) is 0. The lowest BCUT2D eigenvalue weighted by Crippen LogP contribution is -2.40. The maximum Gasteiger partial charge on any atom is 0.173 e. The molecule has 0 radical (unpaired) electrons. The number of morpholine rings is 1. The van der Waals surface area contributed by atoms with Crippen LogP contribution in [0.1, 0.15) is 12.0 Å². The van der Waals surface area contributed by atoms with Gasteiger partial charge in [0.05, 0.1) is 25.1 Å². The number of aromatic nitrogens is 1. The molecule has 144 valence electrons. The minimum absolute atomic E-state index is 0.228. The molecule has 0 aliphatic carbocycles. The summed E-state index contributed by atoms with van der Waals surface area (Å²) in [5.41, 5.74) is 1.89. The predicted molar refractivity (Wildman–Crippen MR) is 109 cm³/mol. The highest BCUT2D eigenvalue weighted by Gasteiger charge is 2.14. The molecule has 27 heavy (non-hydrogen) atoms. The van der Waals surface area contributed by atoms with E-state index in [4.69, 9.17) is 17.0 Å². The smallest absolute Gasteiger partial charge is 0.173 e. The molecule has 0 spiro atoms. The van der Waals surface area contributed by atoms with Crippen LogP contribution in [0.5, 0.6) is 0 Å². The minimum Gasteiger partial charge on any atom is -0.379 e. The fraction of sp³-hybridized carbons (Fsp3) is 0.400. The normalized spacial score (nSPS) is 14.7. The van der Waals surface area contributed by atoms with Gasteiger partial charge in [-0.05, 0) is 48.5 Å². The maximum atomic E-state index is 13.2. The van der Waals surface area contributed by atoms with E-state index >= 15 is 0 Å². The van der Waals surface area contributed by atoms with Crippen molar-refractivity contribution in [1.29, 1.82) is 0 Å². The molecule has 1 aromatic heterocycles. The summed E-state index contributed by atoms with van der Waals surface area (Å²) in [4.78, 5) is 8.65. The van der Waals surface area contributed by atoms with Gasteiger partial charge >= 0.3 is 0 Å². The molecule has 1 N–H and O–H groups in total. The van der Waals surface area contributed by atoms with E-state index in [0.29, 0.717) is 11.7 Å². The quantitative estimate of drug-likeness (QED) is 0.735. The van der Waals surface area contributed by atoms with E-state index in [1.807, 2.05) is 12.1 Å². The monoisotopic (exact) mass is 388 g/mol. The van der Waals surface area contributed by atoms with Gasteiger partial charge in [0.1, 0.15) is 5.82 Å². The lowest BCUT2D eigenvalue weighted by Gasteiger charge is -2.29. The highest BCUT2D eigenvalue weighted by atomic mass is 32.1. The lowest BCUT2D eigenvalue weighted by molar-refractivity contribution is 0.0368. The molecule has 1 fully saturated rings. The third-order valence-corrected chi connectivity index (χ3v) is 4.85. The van der Waals surface area contributed by atoms with Gasteiger partial charge in [-0.25, -0.2) is 4.39 Å². The average molecular weight is 389 g/mol. The van der Waals surface area contributed by atoms with Crippen LogP contribution in [0.4, 0.5) is 10.1 Å². The molecule has 0 atom stereocenters. The fourth-order valence-electron chi connectivity index (χ4n) is 3.01. The summed E-state index contributed by atoms with van der Waals surface area (Å²) in [6, 6.07) is 10.4. The molecule has 1 aromatic carbocycles. The summed E-state index contributed by atoms with van der Waals surface area (Å²) >= 11 is 5.63. The number of pyridine rings is 1. The molecule has 0 amide bonds. The maximum absolute atomic E-state index is 13.2. The van der Waals surface area contributed by atoms with Crippen molar-refractivity contribution in [3.8, 4) is 0 Å². The minimum atomic E-state index is -0.228. The third-order valence-electron chi connectivity index (χ3n) is 4.49.